The van der Waals surface area contributed by atoms with Gasteiger partial charge < -0.3 is 25.4 Å². The Bertz CT molecular complexity index is 738. The molecule has 0 amide bonds. The van der Waals surface area contributed by atoms with Crippen LogP contribution in [0.5, 0.6) is 0 Å². The highest BCUT2D eigenvalue weighted by atomic mass is 16.6. The average Bonchev–Trinajstić information content (AvgIpc) is 2.76. The van der Waals surface area contributed by atoms with E-state index in [0.29, 0.717) is 6.54 Å². The maximum absolute atomic E-state index is 12.1. The number of nitrogens with one attached hydrogen (secondary N) is 2. The van der Waals surface area contributed by atoms with Gasteiger partial charge in [0.2, 0.25) is 0 Å². The summed E-state index contributed by atoms with van der Waals surface area (Å²) in [6.07, 6.45) is -1.60. The summed E-state index contributed by atoms with van der Waals surface area (Å²) >= 11 is 0. The smallest absolute Gasteiger partial charge is 0.330 e. The van der Waals surface area contributed by atoms with E-state index in [4.69, 9.17) is 4.74 Å². The fourth-order valence-electron chi connectivity index (χ4n) is 2.74. The van der Waals surface area contributed by atoms with Crippen LogP contribution in [-0.2, 0) is 11.3 Å². The Balaban J connectivity index is 2.27. The number of aliphatic hydroxyl groups is 3. The van der Waals surface area contributed by atoms with E-state index in [2.05, 4.69) is 16.9 Å². The van der Waals surface area contributed by atoms with Crippen LogP contribution >= 0.6 is 0 Å². The summed E-state index contributed by atoms with van der Waals surface area (Å²) < 4.78 is 6.44. The van der Waals surface area contributed by atoms with Crippen molar-refractivity contribution in [3.63, 3.8) is 0 Å². The Kier molecular flexibility index (Phi) is 5.96. The molecule has 0 aromatic carbocycles. The highest BCUT2D eigenvalue weighted by molar-refractivity contribution is 5.08. The van der Waals surface area contributed by atoms with E-state index in [1.54, 1.807) is 0 Å². The molecule has 9 heteroatoms. The summed E-state index contributed by atoms with van der Waals surface area (Å²) in [7, 11) is 0. The molecule has 5 N–H and O–H groups in total. The van der Waals surface area contributed by atoms with Gasteiger partial charge in [0.05, 0.1) is 6.61 Å². The van der Waals surface area contributed by atoms with Gasteiger partial charge in [-0.25, -0.2) is 4.79 Å². The fourth-order valence-corrected chi connectivity index (χ4v) is 2.74. The van der Waals surface area contributed by atoms with E-state index >= 15 is 0 Å². The Morgan fingerprint density at radius 3 is 2.76 bits per heavy atom. The molecule has 140 valence electrons. The molecule has 0 unspecified atom stereocenters. The zero-order valence-electron chi connectivity index (χ0n) is 14.4. The number of rotatable bonds is 7. The van der Waals surface area contributed by atoms with Crippen molar-refractivity contribution in [2.24, 2.45) is 0 Å². The van der Waals surface area contributed by atoms with Crippen LogP contribution in [0.4, 0.5) is 0 Å². The van der Waals surface area contributed by atoms with Gasteiger partial charge in [0.25, 0.3) is 5.56 Å². The number of aliphatic hydroxyl groups excluding tert-OH is 2. The molecule has 1 saturated heterocycles. The Labute approximate surface area is 144 Å². The molecule has 2 heterocycles. The molecule has 2 rings (SSSR count). The Hall–Kier alpha value is -1.78. The van der Waals surface area contributed by atoms with Crippen LogP contribution in [0, 0.1) is 0 Å². The highest BCUT2D eigenvalue weighted by Crippen LogP contribution is 2.37. The number of hydrogen-bond acceptors (Lipinski definition) is 7. The number of hydrogen-bond donors (Lipinski definition) is 5. The van der Waals surface area contributed by atoms with Gasteiger partial charge in [-0.05, 0) is 26.8 Å². The molecule has 0 spiro atoms. The van der Waals surface area contributed by atoms with Crippen molar-refractivity contribution >= 4 is 0 Å². The molecule has 1 fully saturated rings. The number of nitrogens with zero attached hydrogens (tertiary/aromatic N) is 1. The van der Waals surface area contributed by atoms with Gasteiger partial charge in [0, 0.05) is 18.3 Å². The quantitative estimate of drug-likeness (QED) is 0.299. The standard InChI is InChI=1S/C16H25N3O6/c1-9(2)4-5-17-6-10-7-19(15(23)18-13(10)22)14-16(3,24)12(21)11(8-20)25-14/h7,11-12,14,17,20-21,24H,1,4-6,8H2,2-3H3,(H,18,22,23)/t11-,12-,14-,16-/m1/s1. The number of aromatic nitrogens is 2. The summed E-state index contributed by atoms with van der Waals surface area (Å²) in [5.74, 6) is 0. The van der Waals surface area contributed by atoms with Crippen molar-refractivity contribution in [3.05, 3.63) is 44.8 Å². The lowest BCUT2D eigenvalue weighted by Crippen LogP contribution is -2.47. The molecule has 0 aliphatic carbocycles. The summed E-state index contributed by atoms with van der Waals surface area (Å²) in [4.78, 5) is 26.3. The molecule has 9 nitrogen and oxygen atoms in total. The number of aromatic amines is 1. The van der Waals surface area contributed by atoms with Gasteiger partial charge in [0.15, 0.2) is 6.23 Å². The lowest BCUT2D eigenvalue weighted by atomic mass is 9.96. The summed E-state index contributed by atoms with van der Waals surface area (Å²) in [5.41, 5.74) is -1.83. The van der Waals surface area contributed by atoms with E-state index < -0.39 is 41.9 Å². The van der Waals surface area contributed by atoms with Crippen LogP contribution in [-0.4, -0.2) is 55.8 Å². The van der Waals surface area contributed by atoms with Gasteiger partial charge in [-0.15, -0.1) is 6.58 Å². The topological polar surface area (TPSA) is 137 Å². The predicted octanol–water partition coefficient (Wildman–Crippen LogP) is -1.41. The lowest BCUT2D eigenvalue weighted by molar-refractivity contribution is -0.0988. The van der Waals surface area contributed by atoms with Crippen molar-refractivity contribution in [2.75, 3.05) is 13.2 Å². The maximum Gasteiger partial charge on any atom is 0.330 e. The zero-order valence-corrected chi connectivity index (χ0v) is 14.4. The molecule has 1 aromatic heterocycles. The lowest BCUT2D eigenvalue weighted by Gasteiger charge is -2.27. The van der Waals surface area contributed by atoms with Crippen LogP contribution in [0.2, 0.25) is 0 Å². The summed E-state index contributed by atoms with van der Waals surface area (Å²) in [5, 5.41) is 32.8. The van der Waals surface area contributed by atoms with Crippen molar-refractivity contribution < 1.29 is 20.1 Å². The Morgan fingerprint density at radius 2 is 2.20 bits per heavy atom. The van der Waals surface area contributed by atoms with Crippen LogP contribution in [0.15, 0.2) is 27.9 Å². The Morgan fingerprint density at radius 1 is 1.52 bits per heavy atom. The minimum absolute atomic E-state index is 0.212. The molecular formula is C16H25N3O6. The van der Waals surface area contributed by atoms with Crippen molar-refractivity contribution in [1.82, 2.24) is 14.9 Å². The van der Waals surface area contributed by atoms with Gasteiger partial charge >= 0.3 is 5.69 Å². The average molecular weight is 355 g/mol. The normalized spacial score (nSPS) is 29.1. The van der Waals surface area contributed by atoms with Gasteiger partial charge in [-0.1, -0.05) is 5.57 Å². The molecule has 1 aliphatic heterocycles. The molecule has 4 atom stereocenters. The van der Waals surface area contributed by atoms with Crippen LogP contribution in [0.1, 0.15) is 32.1 Å². The third-order valence-corrected chi connectivity index (χ3v) is 4.27. The van der Waals surface area contributed by atoms with Crippen molar-refractivity contribution in [1.29, 1.82) is 0 Å². The molecule has 0 radical (unpaired) electrons. The predicted molar refractivity (Wildman–Crippen MR) is 90.1 cm³/mol. The van der Waals surface area contributed by atoms with E-state index in [9.17, 15) is 24.9 Å². The minimum atomic E-state index is -1.81. The van der Waals surface area contributed by atoms with E-state index in [1.807, 2.05) is 6.92 Å². The first-order chi connectivity index (χ1) is 11.7. The molecular weight excluding hydrogens is 330 g/mol. The summed E-state index contributed by atoms with van der Waals surface area (Å²) in [6, 6.07) is 0. The third-order valence-electron chi connectivity index (χ3n) is 4.27. The van der Waals surface area contributed by atoms with Gasteiger partial charge in [-0.2, -0.15) is 0 Å². The molecule has 1 aliphatic rings. The van der Waals surface area contributed by atoms with E-state index in [0.717, 1.165) is 16.6 Å². The maximum atomic E-state index is 12.1. The number of H-pyrrole nitrogens is 1. The van der Waals surface area contributed by atoms with E-state index in [1.165, 1.54) is 13.1 Å². The molecule has 0 bridgehead atoms. The number of ether oxygens (including phenoxy) is 1. The highest BCUT2D eigenvalue weighted by Gasteiger charge is 2.53. The van der Waals surface area contributed by atoms with Crippen molar-refractivity contribution in [3.8, 4) is 0 Å². The molecule has 1 aromatic rings. The first-order valence-electron chi connectivity index (χ1n) is 8.04. The SMILES string of the molecule is C=C(C)CCNCc1cn([C@@H]2O[C@H](CO)[C@@H](O)[C@@]2(C)O)c(=O)[nH]c1=O. The molecule has 25 heavy (non-hydrogen) atoms. The van der Waals surface area contributed by atoms with E-state index in [-0.39, 0.29) is 12.1 Å². The van der Waals surface area contributed by atoms with Crippen LogP contribution in [0.25, 0.3) is 0 Å². The second-order valence-corrected chi connectivity index (χ2v) is 6.58. The second-order valence-electron chi connectivity index (χ2n) is 6.58. The largest absolute Gasteiger partial charge is 0.394 e. The first-order valence-corrected chi connectivity index (χ1v) is 8.04. The first kappa shape index (κ1) is 19.5. The zero-order chi connectivity index (χ0) is 18.8. The van der Waals surface area contributed by atoms with Gasteiger partial charge in [-0.3, -0.25) is 14.3 Å². The fraction of sp³-hybridized carbons (Fsp3) is 0.625. The third kappa shape index (κ3) is 4.07. The molecule has 0 saturated carbocycles. The van der Waals surface area contributed by atoms with Crippen molar-refractivity contribution in [2.45, 2.75) is 50.8 Å². The minimum Gasteiger partial charge on any atom is -0.394 e. The second kappa shape index (κ2) is 7.63. The monoisotopic (exact) mass is 355 g/mol. The van der Waals surface area contributed by atoms with Gasteiger partial charge in [0.1, 0.15) is 17.8 Å². The van der Waals surface area contributed by atoms with Crippen LogP contribution < -0.4 is 16.6 Å². The summed E-state index contributed by atoms with van der Waals surface area (Å²) in [6.45, 7) is 7.32. The van der Waals surface area contributed by atoms with Crippen LogP contribution in [0.3, 0.4) is 0 Å².